The van der Waals surface area contributed by atoms with Gasteiger partial charge in [0.25, 0.3) is 0 Å². The Morgan fingerprint density at radius 1 is 1.06 bits per heavy atom. The van der Waals surface area contributed by atoms with Crippen LogP contribution in [0.15, 0.2) is 30.3 Å². The average Bonchev–Trinajstić information content (AvgIpc) is 2.29. The zero-order valence-electron chi connectivity index (χ0n) is 11.2. The quantitative estimate of drug-likeness (QED) is 0.679. The van der Waals surface area contributed by atoms with Crippen molar-refractivity contribution in [2.24, 2.45) is 11.7 Å². The van der Waals surface area contributed by atoms with Crippen LogP contribution in [0.5, 0.6) is 0 Å². The van der Waals surface area contributed by atoms with Crippen molar-refractivity contribution in [3.05, 3.63) is 35.9 Å². The molecule has 0 saturated carbocycles. The second kappa shape index (κ2) is 8.26. The van der Waals surface area contributed by atoms with E-state index in [0.29, 0.717) is 0 Å². The van der Waals surface area contributed by atoms with Crippen LogP contribution in [0.25, 0.3) is 0 Å². The molecule has 17 heavy (non-hydrogen) atoms. The van der Waals surface area contributed by atoms with Gasteiger partial charge in [0.05, 0.1) is 0 Å². The zero-order chi connectivity index (χ0) is 12.5. The Morgan fingerprint density at radius 3 is 2.35 bits per heavy atom. The van der Waals surface area contributed by atoms with Gasteiger partial charge in [-0.25, -0.2) is 0 Å². The molecule has 96 valence electrons. The first-order valence-electron chi connectivity index (χ1n) is 6.68. The van der Waals surface area contributed by atoms with Crippen LogP contribution in [0.2, 0.25) is 0 Å². The lowest BCUT2D eigenvalue weighted by Crippen LogP contribution is -2.29. The number of hydrogen-bond acceptors (Lipinski definition) is 2. The summed E-state index contributed by atoms with van der Waals surface area (Å²) in [5.41, 5.74) is 7.44. The van der Waals surface area contributed by atoms with Crippen LogP contribution in [0.3, 0.4) is 0 Å². The van der Waals surface area contributed by atoms with Crippen molar-refractivity contribution in [3.63, 3.8) is 0 Å². The Hall–Kier alpha value is -0.860. The standard InChI is InChI=1S/C15H26N2/c1-13(2)8-10-17-11-9-15(16)12-14-6-4-3-5-7-14/h3-7,13,15,17H,8-12,16H2,1-2H3/t15-/m0/s1. The number of rotatable bonds is 8. The summed E-state index contributed by atoms with van der Waals surface area (Å²) >= 11 is 0. The van der Waals surface area contributed by atoms with Crippen molar-refractivity contribution in [2.45, 2.75) is 39.2 Å². The fraction of sp³-hybridized carbons (Fsp3) is 0.600. The van der Waals surface area contributed by atoms with Crippen LogP contribution in [0.1, 0.15) is 32.3 Å². The molecule has 0 fully saturated rings. The highest BCUT2D eigenvalue weighted by molar-refractivity contribution is 5.15. The molecule has 1 rings (SSSR count). The summed E-state index contributed by atoms with van der Waals surface area (Å²) < 4.78 is 0. The normalized spacial score (nSPS) is 12.9. The van der Waals surface area contributed by atoms with Gasteiger partial charge in [-0.1, -0.05) is 44.2 Å². The summed E-state index contributed by atoms with van der Waals surface area (Å²) in [5, 5.41) is 3.45. The summed E-state index contributed by atoms with van der Waals surface area (Å²) in [6.07, 6.45) is 3.27. The Morgan fingerprint density at radius 2 is 1.71 bits per heavy atom. The van der Waals surface area contributed by atoms with Gasteiger partial charge in [0.1, 0.15) is 0 Å². The number of benzene rings is 1. The van der Waals surface area contributed by atoms with Crippen LogP contribution < -0.4 is 11.1 Å². The van der Waals surface area contributed by atoms with Crippen molar-refractivity contribution in [1.82, 2.24) is 5.32 Å². The van der Waals surface area contributed by atoms with E-state index in [1.807, 2.05) is 6.07 Å². The summed E-state index contributed by atoms with van der Waals surface area (Å²) in [4.78, 5) is 0. The smallest absolute Gasteiger partial charge is 0.00914 e. The highest BCUT2D eigenvalue weighted by atomic mass is 14.9. The Balaban J connectivity index is 2.07. The van der Waals surface area contributed by atoms with Gasteiger partial charge in [0.2, 0.25) is 0 Å². The molecule has 1 aromatic carbocycles. The SMILES string of the molecule is CC(C)CCNCC[C@H](N)Cc1ccccc1. The molecule has 1 aromatic rings. The van der Waals surface area contributed by atoms with E-state index in [9.17, 15) is 0 Å². The molecule has 0 aliphatic carbocycles. The molecule has 0 saturated heterocycles. The van der Waals surface area contributed by atoms with Crippen molar-refractivity contribution >= 4 is 0 Å². The van der Waals surface area contributed by atoms with E-state index in [1.165, 1.54) is 12.0 Å². The van der Waals surface area contributed by atoms with Gasteiger partial charge in [-0.2, -0.15) is 0 Å². The lowest BCUT2D eigenvalue weighted by atomic mass is 10.0. The van der Waals surface area contributed by atoms with Crippen molar-refractivity contribution in [2.75, 3.05) is 13.1 Å². The Labute approximate surface area is 106 Å². The molecule has 0 aliphatic rings. The fourth-order valence-corrected chi connectivity index (χ4v) is 1.82. The van der Waals surface area contributed by atoms with E-state index in [1.54, 1.807) is 0 Å². The van der Waals surface area contributed by atoms with E-state index in [-0.39, 0.29) is 6.04 Å². The van der Waals surface area contributed by atoms with Gasteiger partial charge < -0.3 is 11.1 Å². The molecular weight excluding hydrogens is 208 g/mol. The monoisotopic (exact) mass is 234 g/mol. The van der Waals surface area contributed by atoms with E-state index >= 15 is 0 Å². The first-order chi connectivity index (χ1) is 8.18. The first-order valence-corrected chi connectivity index (χ1v) is 6.68. The third-order valence-corrected chi connectivity index (χ3v) is 2.93. The molecule has 0 bridgehead atoms. The van der Waals surface area contributed by atoms with E-state index in [2.05, 4.69) is 43.4 Å². The minimum Gasteiger partial charge on any atom is -0.327 e. The molecule has 0 heterocycles. The topological polar surface area (TPSA) is 38.0 Å². The van der Waals surface area contributed by atoms with E-state index in [4.69, 9.17) is 5.73 Å². The van der Waals surface area contributed by atoms with Gasteiger partial charge in [-0.05, 0) is 43.8 Å². The summed E-state index contributed by atoms with van der Waals surface area (Å²) in [5.74, 6) is 0.778. The number of nitrogens with two attached hydrogens (primary N) is 1. The largest absolute Gasteiger partial charge is 0.327 e. The second-order valence-corrected chi connectivity index (χ2v) is 5.17. The predicted octanol–water partition coefficient (Wildman–Crippen LogP) is 2.58. The van der Waals surface area contributed by atoms with Crippen molar-refractivity contribution in [3.8, 4) is 0 Å². The predicted molar refractivity (Wildman–Crippen MR) is 75.1 cm³/mol. The lowest BCUT2D eigenvalue weighted by Gasteiger charge is -2.12. The molecule has 0 spiro atoms. The lowest BCUT2D eigenvalue weighted by molar-refractivity contribution is 0.509. The van der Waals surface area contributed by atoms with Gasteiger partial charge in [0.15, 0.2) is 0 Å². The van der Waals surface area contributed by atoms with E-state index < -0.39 is 0 Å². The molecule has 0 unspecified atom stereocenters. The van der Waals surface area contributed by atoms with Crippen molar-refractivity contribution < 1.29 is 0 Å². The number of nitrogens with one attached hydrogen (secondary N) is 1. The number of hydrogen-bond donors (Lipinski definition) is 2. The zero-order valence-corrected chi connectivity index (χ0v) is 11.2. The molecular formula is C15H26N2. The molecule has 0 radical (unpaired) electrons. The molecule has 0 aliphatic heterocycles. The molecule has 1 atom stereocenters. The summed E-state index contributed by atoms with van der Waals surface area (Å²) in [6.45, 7) is 6.64. The van der Waals surface area contributed by atoms with E-state index in [0.717, 1.165) is 31.8 Å². The van der Waals surface area contributed by atoms with Crippen LogP contribution in [0.4, 0.5) is 0 Å². The Bertz CT molecular complexity index is 282. The second-order valence-electron chi connectivity index (χ2n) is 5.17. The molecule has 2 heteroatoms. The van der Waals surface area contributed by atoms with Crippen LogP contribution in [-0.4, -0.2) is 19.1 Å². The molecule has 2 nitrogen and oxygen atoms in total. The highest BCUT2D eigenvalue weighted by Gasteiger charge is 2.03. The Kier molecular flexibility index (Phi) is 6.90. The van der Waals surface area contributed by atoms with Gasteiger partial charge in [0, 0.05) is 6.04 Å². The maximum atomic E-state index is 6.11. The van der Waals surface area contributed by atoms with Crippen LogP contribution in [-0.2, 0) is 6.42 Å². The third kappa shape index (κ3) is 7.14. The maximum absolute atomic E-state index is 6.11. The van der Waals surface area contributed by atoms with Gasteiger partial charge in [-0.3, -0.25) is 0 Å². The van der Waals surface area contributed by atoms with Crippen LogP contribution in [0, 0.1) is 5.92 Å². The maximum Gasteiger partial charge on any atom is 0.00914 e. The van der Waals surface area contributed by atoms with Crippen molar-refractivity contribution in [1.29, 1.82) is 0 Å². The highest BCUT2D eigenvalue weighted by Crippen LogP contribution is 2.03. The minimum absolute atomic E-state index is 0.268. The minimum atomic E-state index is 0.268. The fourth-order valence-electron chi connectivity index (χ4n) is 1.82. The molecule has 3 N–H and O–H groups in total. The molecule has 0 aromatic heterocycles. The molecule has 0 amide bonds. The van der Waals surface area contributed by atoms with Gasteiger partial charge in [-0.15, -0.1) is 0 Å². The summed E-state index contributed by atoms with van der Waals surface area (Å²) in [6, 6.07) is 10.7. The average molecular weight is 234 g/mol. The van der Waals surface area contributed by atoms with Gasteiger partial charge >= 0.3 is 0 Å². The van der Waals surface area contributed by atoms with Crippen LogP contribution >= 0.6 is 0 Å². The first kappa shape index (κ1) is 14.2. The third-order valence-electron chi connectivity index (χ3n) is 2.93. The summed E-state index contributed by atoms with van der Waals surface area (Å²) in [7, 11) is 0.